The molecule has 0 aliphatic rings. The van der Waals surface area contributed by atoms with E-state index in [-0.39, 0.29) is 6.10 Å². The van der Waals surface area contributed by atoms with E-state index >= 15 is 0 Å². The van der Waals surface area contributed by atoms with Crippen LogP contribution in [0.5, 0.6) is 5.75 Å². The van der Waals surface area contributed by atoms with Crippen LogP contribution in [0.4, 0.5) is 0 Å². The van der Waals surface area contributed by atoms with E-state index in [0.717, 1.165) is 36.8 Å². The molecule has 0 unspecified atom stereocenters. The highest BCUT2D eigenvalue weighted by atomic mass is 16.5. The van der Waals surface area contributed by atoms with Gasteiger partial charge in [-0.2, -0.15) is 0 Å². The smallest absolute Gasteiger partial charge is 0.191 e. The number of nitrogens with one attached hydrogen (secondary N) is 2. The van der Waals surface area contributed by atoms with Gasteiger partial charge in [0.1, 0.15) is 12.4 Å². The summed E-state index contributed by atoms with van der Waals surface area (Å²) in [5.74, 6) is 1.63. The molecule has 1 rings (SSSR count). The molecule has 0 aliphatic heterocycles. The topological polar surface area (TPSA) is 54.9 Å². The van der Waals surface area contributed by atoms with Crippen LogP contribution >= 0.6 is 0 Å². The number of para-hydroxylation sites is 1. The number of hydrogen-bond acceptors (Lipinski definition) is 3. The first kappa shape index (κ1) is 19.0. The van der Waals surface area contributed by atoms with Gasteiger partial charge in [0.05, 0.1) is 6.10 Å². The summed E-state index contributed by atoms with van der Waals surface area (Å²) in [6.07, 6.45) is 2.96. The average molecular weight is 319 g/mol. The van der Waals surface area contributed by atoms with Gasteiger partial charge >= 0.3 is 0 Å². The zero-order valence-electron chi connectivity index (χ0n) is 14.5. The summed E-state index contributed by atoms with van der Waals surface area (Å²) in [6.45, 7) is 10.5. The van der Waals surface area contributed by atoms with Gasteiger partial charge in [-0.25, -0.2) is 0 Å². The van der Waals surface area contributed by atoms with E-state index < -0.39 is 0 Å². The molecule has 0 saturated carbocycles. The third-order valence-electron chi connectivity index (χ3n) is 3.06. The van der Waals surface area contributed by atoms with Crippen molar-refractivity contribution in [1.82, 2.24) is 10.6 Å². The van der Waals surface area contributed by atoms with Crippen molar-refractivity contribution in [1.29, 1.82) is 0 Å². The van der Waals surface area contributed by atoms with Gasteiger partial charge in [-0.15, -0.1) is 0 Å². The Labute approximate surface area is 139 Å². The third kappa shape index (κ3) is 8.26. The average Bonchev–Trinajstić information content (AvgIpc) is 2.56. The zero-order valence-corrected chi connectivity index (χ0v) is 14.5. The maximum absolute atomic E-state index is 5.65. The molecule has 5 nitrogen and oxygen atoms in total. The molecule has 2 N–H and O–H groups in total. The molecule has 23 heavy (non-hydrogen) atoms. The SMILES string of the molecule is C=CCOc1ccccc1CNC(=NC)NCCCOC(C)C. The van der Waals surface area contributed by atoms with Crippen LogP contribution in [0.3, 0.4) is 0 Å². The normalized spacial score (nSPS) is 11.4. The molecule has 1 aromatic carbocycles. The van der Waals surface area contributed by atoms with Gasteiger partial charge in [-0.05, 0) is 26.3 Å². The maximum Gasteiger partial charge on any atom is 0.191 e. The number of benzene rings is 1. The summed E-state index contributed by atoms with van der Waals surface area (Å²) in [4.78, 5) is 4.22. The van der Waals surface area contributed by atoms with Crippen LogP contribution in [-0.2, 0) is 11.3 Å². The van der Waals surface area contributed by atoms with Crippen molar-refractivity contribution >= 4 is 5.96 Å². The molecule has 0 radical (unpaired) electrons. The van der Waals surface area contributed by atoms with Gasteiger partial charge in [-0.3, -0.25) is 4.99 Å². The molecule has 0 saturated heterocycles. The van der Waals surface area contributed by atoms with Gasteiger partial charge < -0.3 is 20.1 Å². The van der Waals surface area contributed by atoms with Gasteiger partial charge in [0.2, 0.25) is 0 Å². The molecule has 128 valence electrons. The lowest BCUT2D eigenvalue weighted by atomic mass is 10.2. The number of guanidine groups is 1. The molecule has 1 aromatic rings. The van der Waals surface area contributed by atoms with Crippen molar-refractivity contribution in [3.63, 3.8) is 0 Å². The van der Waals surface area contributed by atoms with Crippen molar-refractivity contribution in [2.24, 2.45) is 4.99 Å². The van der Waals surface area contributed by atoms with Crippen molar-refractivity contribution < 1.29 is 9.47 Å². The van der Waals surface area contributed by atoms with Crippen molar-refractivity contribution in [3.8, 4) is 5.75 Å². The zero-order chi connectivity index (χ0) is 16.9. The molecule has 0 fully saturated rings. The fraction of sp³-hybridized carbons (Fsp3) is 0.500. The van der Waals surface area contributed by atoms with E-state index in [4.69, 9.17) is 9.47 Å². The fourth-order valence-electron chi connectivity index (χ4n) is 1.94. The minimum absolute atomic E-state index is 0.277. The predicted molar refractivity (Wildman–Crippen MR) is 96.0 cm³/mol. The van der Waals surface area contributed by atoms with Gasteiger partial charge in [0, 0.05) is 32.3 Å². The maximum atomic E-state index is 5.65. The molecular weight excluding hydrogens is 290 g/mol. The predicted octanol–water partition coefficient (Wildman–Crippen LogP) is 2.73. The first-order valence-corrected chi connectivity index (χ1v) is 8.05. The highest BCUT2D eigenvalue weighted by Gasteiger charge is 2.04. The molecule has 0 atom stereocenters. The third-order valence-corrected chi connectivity index (χ3v) is 3.06. The van der Waals surface area contributed by atoms with Crippen molar-refractivity contribution in [2.75, 3.05) is 26.8 Å². The van der Waals surface area contributed by atoms with Gasteiger partial charge in [0.15, 0.2) is 5.96 Å². The lowest BCUT2D eigenvalue weighted by Crippen LogP contribution is -2.37. The second kappa shape index (κ2) is 11.5. The second-order valence-corrected chi connectivity index (χ2v) is 5.33. The van der Waals surface area contributed by atoms with E-state index in [0.29, 0.717) is 13.2 Å². The molecule has 0 bridgehead atoms. The van der Waals surface area contributed by atoms with Gasteiger partial charge in [0.25, 0.3) is 0 Å². The lowest BCUT2D eigenvalue weighted by molar-refractivity contribution is 0.0776. The Morgan fingerprint density at radius 2 is 2.09 bits per heavy atom. The van der Waals surface area contributed by atoms with Crippen LogP contribution in [0.1, 0.15) is 25.8 Å². The summed E-state index contributed by atoms with van der Waals surface area (Å²) in [7, 11) is 1.76. The molecule has 0 aliphatic carbocycles. The van der Waals surface area contributed by atoms with E-state index in [1.807, 2.05) is 38.1 Å². The van der Waals surface area contributed by atoms with Crippen molar-refractivity contribution in [3.05, 3.63) is 42.5 Å². The Kier molecular flexibility index (Phi) is 9.55. The Balaban J connectivity index is 2.38. The molecule has 0 amide bonds. The summed E-state index contributed by atoms with van der Waals surface area (Å²) < 4.78 is 11.2. The minimum atomic E-state index is 0.277. The Morgan fingerprint density at radius 3 is 2.78 bits per heavy atom. The molecule has 0 aromatic heterocycles. The van der Waals surface area contributed by atoms with Crippen LogP contribution in [0.25, 0.3) is 0 Å². The van der Waals surface area contributed by atoms with Crippen LogP contribution in [0.2, 0.25) is 0 Å². The standard InChI is InChI=1S/C18H29N3O2/c1-5-12-23-17-10-7-6-9-16(17)14-21-18(19-4)20-11-8-13-22-15(2)3/h5-7,9-10,15H,1,8,11-14H2,2-4H3,(H2,19,20,21). The highest BCUT2D eigenvalue weighted by Crippen LogP contribution is 2.17. The van der Waals surface area contributed by atoms with Crippen LogP contribution < -0.4 is 15.4 Å². The van der Waals surface area contributed by atoms with E-state index in [2.05, 4.69) is 22.2 Å². The molecule has 0 spiro atoms. The molecular formula is C18H29N3O2. The van der Waals surface area contributed by atoms with E-state index in [1.165, 1.54) is 0 Å². The number of ether oxygens (including phenoxy) is 2. The van der Waals surface area contributed by atoms with Crippen LogP contribution in [-0.4, -0.2) is 38.9 Å². The first-order chi connectivity index (χ1) is 11.2. The first-order valence-electron chi connectivity index (χ1n) is 8.05. The van der Waals surface area contributed by atoms with E-state index in [1.54, 1.807) is 13.1 Å². The molecule has 0 heterocycles. The number of rotatable bonds is 10. The number of aliphatic imine (C=N–C) groups is 1. The second-order valence-electron chi connectivity index (χ2n) is 5.33. The van der Waals surface area contributed by atoms with E-state index in [9.17, 15) is 0 Å². The van der Waals surface area contributed by atoms with Crippen molar-refractivity contribution in [2.45, 2.75) is 32.9 Å². The largest absolute Gasteiger partial charge is 0.489 e. The number of nitrogens with zero attached hydrogens (tertiary/aromatic N) is 1. The quantitative estimate of drug-likeness (QED) is 0.301. The number of hydrogen-bond donors (Lipinski definition) is 2. The Bertz CT molecular complexity index is 487. The van der Waals surface area contributed by atoms with Gasteiger partial charge in [-0.1, -0.05) is 30.9 Å². The summed E-state index contributed by atoms with van der Waals surface area (Å²) in [5.41, 5.74) is 1.08. The summed E-state index contributed by atoms with van der Waals surface area (Å²) >= 11 is 0. The highest BCUT2D eigenvalue weighted by molar-refractivity contribution is 5.79. The van der Waals surface area contributed by atoms with Crippen LogP contribution in [0, 0.1) is 0 Å². The Hall–Kier alpha value is -2.01. The Morgan fingerprint density at radius 1 is 1.30 bits per heavy atom. The summed E-state index contributed by atoms with van der Waals surface area (Å²) in [6, 6.07) is 7.95. The summed E-state index contributed by atoms with van der Waals surface area (Å²) in [5, 5.41) is 6.57. The minimum Gasteiger partial charge on any atom is -0.489 e. The van der Waals surface area contributed by atoms with Crippen LogP contribution in [0.15, 0.2) is 41.9 Å². The lowest BCUT2D eigenvalue weighted by Gasteiger charge is -2.14. The fourth-order valence-corrected chi connectivity index (χ4v) is 1.94. The molecule has 5 heteroatoms. The monoisotopic (exact) mass is 319 g/mol.